The van der Waals surface area contributed by atoms with E-state index in [1.807, 2.05) is 0 Å². The van der Waals surface area contributed by atoms with Crippen LogP contribution < -0.4 is 0 Å². The minimum atomic E-state index is -0.496. The normalized spacial score (nSPS) is 33.5. The Balaban J connectivity index is 2.14. The Kier molecular flexibility index (Phi) is 3.74. The molecule has 2 nitrogen and oxygen atoms in total. The minimum absolute atomic E-state index is 0.496. The fourth-order valence-electron chi connectivity index (χ4n) is 1.91. The molecule has 1 rings (SSSR count). The van der Waals surface area contributed by atoms with Gasteiger partial charge in [0.05, 0.1) is 12.2 Å². The van der Waals surface area contributed by atoms with Crippen molar-refractivity contribution in [2.45, 2.75) is 45.6 Å². The molecule has 0 spiro atoms. The molecule has 0 aromatic carbocycles. The second-order valence-electron chi connectivity index (χ2n) is 4.69. The summed E-state index contributed by atoms with van der Waals surface area (Å²) < 4.78 is 5.37. The molecule has 1 aliphatic carbocycles. The summed E-state index contributed by atoms with van der Waals surface area (Å²) in [6.07, 6.45) is 2.88. The van der Waals surface area contributed by atoms with Crippen LogP contribution >= 0.6 is 0 Å². The summed E-state index contributed by atoms with van der Waals surface area (Å²) in [5, 5.41) is 9.93. The molecule has 0 saturated heterocycles. The fraction of sp³-hybridized carbons (Fsp3) is 1.00. The smallest absolute Gasteiger partial charge is 0.0885 e. The van der Waals surface area contributed by atoms with E-state index >= 15 is 0 Å². The third kappa shape index (κ3) is 2.96. The van der Waals surface area contributed by atoms with Gasteiger partial charge < -0.3 is 9.84 Å². The Morgan fingerprint density at radius 2 is 2.08 bits per heavy atom. The van der Waals surface area contributed by atoms with E-state index in [4.69, 9.17) is 4.74 Å². The second kappa shape index (κ2) is 4.43. The van der Waals surface area contributed by atoms with Crippen molar-refractivity contribution >= 4 is 0 Å². The average molecular weight is 186 g/mol. The number of aliphatic hydroxyl groups is 1. The van der Waals surface area contributed by atoms with Gasteiger partial charge in [-0.2, -0.15) is 0 Å². The van der Waals surface area contributed by atoms with Crippen LogP contribution in [0.15, 0.2) is 0 Å². The van der Waals surface area contributed by atoms with Crippen LogP contribution in [0.5, 0.6) is 0 Å². The summed E-state index contributed by atoms with van der Waals surface area (Å²) in [6, 6.07) is 0. The highest BCUT2D eigenvalue weighted by molar-refractivity contribution is 4.95. The number of ether oxygens (including phenoxy) is 1. The quantitative estimate of drug-likeness (QED) is 0.667. The van der Waals surface area contributed by atoms with Gasteiger partial charge in [-0.05, 0) is 31.1 Å². The van der Waals surface area contributed by atoms with Gasteiger partial charge in [0.1, 0.15) is 0 Å². The van der Waals surface area contributed by atoms with Gasteiger partial charge in [-0.25, -0.2) is 0 Å². The largest absolute Gasteiger partial charge is 0.387 e. The highest BCUT2D eigenvalue weighted by Crippen LogP contribution is 2.42. The molecule has 0 aliphatic heterocycles. The first-order chi connectivity index (χ1) is 6.07. The van der Waals surface area contributed by atoms with E-state index in [2.05, 4.69) is 20.8 Å². The Labute approximate surface area is 81.3 Å². The van der Waals surface area contributed by atoms with Crippen LogP contribution in [0.3, 0.4) is 0 Å². The van der Waals surface area contributed by atoms with Crippen LogP contribution in [-0.2, 0) is 4.74 Å². The van der Waals surface area contributed by atoms with Crippen LogP contribution in [-0.4, -0.2) is 23.9 Å². The van der Waals surface area contributed by atoms with Gasteiger partial charge >= 0.3 is 0 Å². The van der Waals surface area contributed by atoms with Gasteiger partial charge in [0, 0.05) is 6.61 Å². The van der Waals surface area contributed by atoms with Crippen molar-refractivity contribution in [3.8, 4) is 0 Å². The van der Waals surface area contributed by atoms with Crippen LogP contribution in [0.1, 0.15) is 40.0 Å². The summed E-state index contributed by atoms with van der Waals surface area (Å²) >= 11 is 0. The Bertz CT molecular complexity index is 148. The summed E-state index contributed by atoms with van der Waals surface area (Å²) in [7, 11) is 0. The fourth-order valence-corrected chi connectivity index (χ4v) is 1.91. The zero-order valence-electron chi connectivity index (χ0n) is 9.05. The maximum atomic E-state index is 9.93. The Morgan fingerprint density at radius 3 is 2.54 bits per heavy atom. The summed E-state index contributed by atoms with van der Waals surface area (Å²) in [5.41, 5.74) is -0.496. The first-order valence-corrected chi connectivity index (χ1v) is 5.37. The summed E-state index contributed by atoms with van der Waals surface area (Å²) in [5.74, 6) is 1.40. The number of hydrogen-bond acceptors (Lipinski definition) is 2. The molecule has 0 unspecified atom stereocenters. The molecule has 1 N–H and O–H groups in total. The zero-order valence-corrected chi connectivity index (χ0v) is 9.05. The highest BCUT2D eigenvalue weighted by Gasteiger charge is 2.43. The molecule has 0 bridgehead atoms. The van der Waals surface area contributed by atoms with Crippen molar-refractivity contribution in [1.82, 2.24) is 0 Å². The van der Waals surface area contributed by atoms with E-state index < -0.39 is 5.60 Å². The monoisotopic (exact) mass is 186 g/mol. The molecule has 1 aliphatic rings. The molecule has 0 aromatic heterocycles. The number of rotatable bonds is 5. The standard InChI is InChI=1S/C11H22O2/c1-4-5-13-8-11(12)6-10(7-11)9(2)3/h9-10,12H,4-8H2,1-3H3. The van der Waals surface area contributed by atoms with E-state index in [1.165, 1.54) is 0 Å². The van der Waals surface area contributed by atoms with Gasteiger partial charge in [0.15, 0.2) is 0 Å². The Morgan fingerprint density at radius 1 is 1.46 bits per heavy atom. The lowest BCUT2D eigenvalue weighted by Crippen LogP contribution is -2.49. The van der Waals surface area contributed by atoms with E-state index in [9.17, 15) is 5.11 Å². The van der Waals surface area contributed by atoms with Crippen LogP contribution in [0.2, 0.25) is 0 Å². The van der Waals surface area contributed by atoms with E-state index in [1.54, 1.807) is 0 Å². The van der Waals surface area contributed by atoms with Gasteiger partial charge in [-0.15, -0.1) is 0 Å². The molecule has 1 fully saturated rings. The van der Waals surface area contributed by atoms with Crippen molar-refractivity contribution in [3.05, 3.63) is 0 Å². The van der Waals surface area contributed by atoms with E-state index in [-0.39, 0.29) is 0 Å². The molecular weight excluding hydrogens is 164 g/mol. The van der Waals surface area contributed by atoms with Crippen LogP contribution in [0.4, 0.5) is 0 Å². The summed E-state index contributed by atoms with van der Waals surface area (Å²) in [6.45, 7) is 7.83. The minimum Gasteiger partial charge on any atom is -0.387 e. The van der Waals surface area contributed by atoms with Crippen molar-refractivity contribution in [2.75, 3.05) is 13.2 Å². The van der Waals surface area contributed by atoms with Gasteiger partial charge in [-0.3, -0.25) is 0 Å². The van der Waals surface area contributed by atoms with Crippen LogP contribution in [0, 0.1) is 11.8 Å². The predicted octanol–water partition coefficient (Wildman–Crippen LogP) is 2.21. The van der Waals surface area contributed by atoms with Gasteiger partial charge in [0.25, 0.3) is 0 Å². The van der Waals surface area contributed by atoms with E-state index in [0.717, 1.165) is 25.9 Å². The van der Waals surface area contributed by atoms with Gasteiger partial charge in [0.2, 0.25) is 0 Å². The highest BCUT2D eigenvalue weighted by atomic mass is 16.5. The third-order valence-electron chi connectivity index (χ3n) is 2.95. The zero-order chi connectivity index (χ0) is 9.90. The molecule has 0 radical (unpaired) electrons. The number of hydrogen-bond donors (Lipinski definition) is 1. The van der Waals surface area contributed by atoms with Crippen molar-refractivity contribution in [2.24, 2.45) is 11.8 Å². The van der Waals surface area contributed by atoms with Gasteiger partial charge in [-0.1, -0.05) is 20.8 Å². The third-order valence-corrected chi connectivity index (χ3v) is 2.95. The van der Waals surface area contributed by atoms with Crippen molar-refractivity contribution < 1.29 is 9.84 Å². The molecule has 13 heavy (non-hydrogen) atoms. The molecular formula is C11H22O2. The van der Waals surface area contributed by atoms with Crippen LogP contribution in [0.25, 0.3) is 0 Å². The molecule has 2 heteroatoms. The summed E-state index contributed by atoms with van der Waals surface area (Å²) in [4.78, 5) is 0. The molecule has 0 atom stereocenters. The maximum Gasteiger partial charge on any atom is 0.0885 e. The second-order valence-corrected chi connectivity index (χ2v) is 4.69. The average Bonchev–Trinajstić information content (AvgIpc) is 2.00. The first-order valence-electron chi connectivity index (χ1n) is 5.37. The lowest BCUT2D eigenvalue weighted by atomic mass is 9.66. The topological polar surface area (TPSA) is 29.5 Å². The van der Waals surface area contributed by atoms with Crippen molar-refractivity contribution in [1.29, 1.82) is 0 Å². The Hall–Kier alpha value is -0.0800. The predicted molar refractivity (Wildman–Crippen MR) is 53.6 cm³/mol. The molecule has 0 heterocycles. The maximum absolute atomic E-state index is 9.93. The molecule has 78 valence electrons. The molecule has 0 aromatic rings. The van der Waals surface area contributed by atoms with E-state index in [0.29, 0.717) is 18.4 Å². The lowest BCUT2D eigenvalue weighted by Gasteiger charge is -2.45. The lowest BCUT2D eigenvalue weighted by molar-refractivity contribution is -0.133. The molecule has 1 saturated carbocycles. The first kappa shape index (κ1) is 11.0. The SMILES string of the molecule is CCCOCC1(O)CC(C(C)C)C1. The molecule has 0 amide bonds. The van der Waals surface area contributed by atoms with Crippen molar-refractivity contribution in [3.63, 3.8) is 0 Å².